The van der Waals surface area contributed by atoms with Gasteiger partial charge in [-0.05, 0) is 50.2 Å². The van der Waals surface area contributed by atoms with Crippen LogP contribution in [-0.4, -0.2) is 32.6 Å². The zero-order chi connectivity index (χ0) is 23.4. The van der Waals surface area contributed by atoms with E-state index in [1.165, 1.54) is 6.42 Å². The van der Waals surface area contributed by atoms with Crippen LogP contribution in [0.3, 0.4) is 0 Å². The Balaban J connectivity index is 1.47. The van der Waals surface area contributed by atoms with Crippen molar-refractivity contribution in [2.75, 3.05) is 5.32 Å². The first-order valence-corrected chi connectivity index (χ1v) is 11.8. The lowest BCUT2D eigenvalue weighted by molar-refractivity contribution is -0.116. The summed E-state index contributed by atoms with van der Waals surface area (Å²) in [6, 6.07) is 12.9. The molecule has 0 unspecified atom stereocenters. The number of nitrogens with zero attached hydrogens (tertiary/aromatic N) is 2. The van der Waals surface area contributed by atoms with E-state index in [1.54, 1.807) is 22.8 Å². The number of anilines is 1. The molecule has 1 aliphatic rings. The largest absolute Gasteiger partial charge is 0.349 e. The molecule has 2 aromatic carbocycles. The van der Waals surface area contributed by atoms with Gasteiger partial charge >= 0.3 is 0 Å². The van der Waals surface area contributed by atoms with Crippen LogP contribution in [0.2, 0.25) is 5.02 Å². The third-order valence-corrected chi connectivity index (χ3v) is 6.45. The topological polar surface area (TPSA) is 91.8 Å². The van der Waals surface area contributed by atoms with Crippen LogP contribution < -0.4 is 10.6 Å². The molecule has 33 heavy (non-hydrogen) atoms. The lowest BCUT2D eigenvalue weighted by Gasteiger charge is -2.23. The van der Waals surface area contributed by atoms with E-state index >= 15 is 0 Å². The molecule has 4 rings (SSSR count). The van der Waals surface area contributed by atoms with Crippen molar-refractivity contribution < 1.29 is 9.59 Å². The van der Waals surface area contributed by atoms with Crippen molar-refractivity contribution in [2.45, 2.75) is 51.6 Å². The maximum atomic E-state index is 12.8. The minimum absolute atomic E-state index is 0.0230. The third kappa shape index (κ3) is 5.69. The molecule has 7 nitrogen and oxygen atoms in total. The number of carbonyl (C=O) groups is 2. The molecule has 1 aromatic heterocycles. The summed E-state index contributed by atoms with van der Waals surface area (Å²) < 4.78 is 1.99. The molecule has 0 spiro atoms. The summed E-state index contributed by atoms with van der Waals surface area (Å²) in [4.78, 5) is 25.6. The third-order valence-electron chi connectivity index (χ3n) is 5.80. The van der Waals surface area contributed by atoms with E-state index in [0.717, 1.165) is 36.8 Å². The molecule has 3 N–H and O–H groups in total. The number of H-pyrrole nitrogens is 1. The van der Waals surface area contributed by atoms with Crippen LogP contribution in [0.15, 0.2) is 42.5 Å². The Labute approximate surface area is 202 Å². The quantitative estimate of drug-likeness (QED) is 0.416. The van der Waals surface area contributed by atoms with Crippen molar-refractivity contribution in [3.8, 4) is 11.4 Å². The summed E-state index contributed by atoms with van der Waals surface area (Å²) in [6.07, 6.45) is 5.41. The molecule has 1 saturated carbocycles. The van der Waals surface area contributed by atoms with Crippen LogP contribution in [0.1, 0.15) is 48.0 Å². The van der Waals surface area contributed by atoms with Gasteiger partial charge in [0.15, 0.2) is 10.6 Å². The average Bonchev–Trinajstić information content (AvgIpc) is 3.16. The number of nitrogens with one attached hydrogen (secondary N) is 3. The van der Waals surface area contributed by atoms with Gasteiger partial charge < -0.3 is 10.6 Å². The van der Waals surface area contributed by atoms with Crippen LogP contribution in [0.4, 0.5) is 5.69 Å². The SMILES string of the molecule is Cc1ccc(-c2n[nH]c(=S)n2CC(=O)Nc2ccc(Cl)c(C(=O)NC3CCCCC3)c2)cc1. The molecular weight excluding hydrogens is 458 g/mol. The number of aromatic amines is 1. The number of benzene rings is 2. The van der Waals surface area contributed by atoms with Gasteiger partial charge in [-0.25, -0.2) is 0 Å². The van der Waals surface area contributed by atoms with Crippen molar-refractivity contribution in [2.24, 2.45) is 0 Å². The minimum atomic E-state index is -0.290. The highest BCUT2D eigenvalue weighted by Crippen LogP contribution is 2.23. The molecule has 0 bridgehead atoms. The molecule has 3 aromatic rings. The van der Waals surface area contributed by atoms with Crippen LogP contribution in [0.5, 0.6) is 0 Å². The molecule has 1 aliphatic carbocycles. The van der Waals surface area contributed by atoms with Crippen LogP contribution in [-0.2, 0) is 11.3 Å². The van der Waals surface area contributed by atoms with Gasteiger partial charge in [0.2, 0.25) is 5.91 Å². The number of hydrogen-bond donors (Lipinski definition) is 3. The minimum Gasteiger partial charge on any atom is -0.349 e. The zero-order valence-corrected chi connectivity index (χ0v) is 19.9. The van der Waals surface area contributed by atoms with E-state index in [2.05, 4.69) is 20.8 Å². The Morgan fingerprint density at radius 3 is 2.61 bits per heavy atom. The molecule has 0 radical (unpaired) electrons. The van der Waals surface area contributed by atoms with Gasteiger partial charge in [-0.3, -0.25) is 19.3 Å². The number of carbonyl (C=O) groups excluding carboxylic acids is 2. The number of halogens is 1. The monoisotopic (exact) mass is 483 g/mol. The number of hydrogen-bond acceptors (Lipinski definition) is 4. The van der Waals surface area contributed by atoms with Crippen molar-refractivity contribution >= 4 is 41.3 Å². The van der Waals surface area contributed by atoms with Crippen molar-refractivity contribution in [3.63, 3.8) is 0 Å². The Hall–Kier alpha value is -2.97. The van der Waals surface area contributed by atoms with E-state index in [0.29, 0.717) is 26.9 Å². The Morgan fingerprint density at radius 2 is 1.88 bits per heavy atom. The molecule has 2 amide bonds. The van der Waals surface area contributed by atoms with Crippen LogP contribution >= 0.6 is 23.8 Å². The molecule has 9 heteroatoms. The highest BCUT2D eigenvalue weighted by molar-refractivity contribution is 7.71. The predicted octanol–water partition coefficient (Wildman–Crippen LogP) is 5.27. The number of rotatable bonds is 6. The van der Waals surface area contributed by atoms with Gasteiger partial charge in [-0.2, -0.15) is 5.10 Å². The van der Waals surface area contributed by atoms with Gasteiger partial charge in [-0.15, -0.1) is 0 Å². The molecule has 1 fully saturated rings. The highest BCUT2D eigenvalue weighted by atomic mass is 35.5. The molecule has 172 valence electrons. The van der Waals surface area contributed by atoms with Gasteiger partial charge in [0.05, 0.1) is 10.6 Å². The lowest BCUT2D eigenvalue weighted by atomic mass is 9.95. The fourth-order valence-corrected chi connectivity index (χ4v) is 4.42. The van der Waals surface area contributed by atoms with E-state index in [4.69, 9.17) is 23.8 Å². The Morgan fingerprint density at radius 1 is 1.15 bits per heavy atom. The fraction of sp³-hybridized carbons (Fsp3) is 0.333. The molecule has 0 aliphatic heterocycles. The first kappa shape index (κ1) is 23.2. The summed E-state index contributed by atoms with van der Waals surface area (Å²) in [5.74, 6) is 0.0716. The summed E-state index contributed by atoms with van der Waals surface area (Å²) >= 11 is 11.6. The maximum Gasteiger partial charge on any atom is 0.253 e. The zero-order valence-electron chi connectivity index (χ0n) is 18.4. The predicted molar refractivity (Wildman–Crippen MR) is 132 cm³/mol. The summed E-state index contributed by atoms with van der Waals surface area (Å²) in [5.41, 5.74) is 2.82. The summed E-state index contributed by atoms with van der Waals surface area (Å²) in [7, 11) is 0. The number of aromatic nitrogens is 3. The first-order valence-electron chi connectivity index (χ1n) is 11.0. The Bertz CT molecular complexity index is 1210. The van der Waals surface area contributed by atoms with Crippen molar-refractivity contribution in [3.05, 3.63) is 63.4 Å². The highest BCUT2D eigenvalue weighted by Gasteiger charge is 2.19. The van der Waals surface area contributed by atoms with E-state index in [1.807, 2.05) is 31.2 Å². The second kappa shape index (κ2) is 10.3. The fourth-order valence-electron chi connectivity index (χ4n) is 4.02. The molecule has 1 heterocycles. The van der Waals surface area contributed by atoms with Crippen LogP contribution in [0.25, 0.3) is 11.4 Å². The number of aryl methyl sites for hydroxylation is 1. The lowest BCUT2D eigenvalue weighted by Crippen LogP contribution is -2.36. The van der Waals surface area contributed by atoms with Gasteiger partial charge in [0.25, 0.3) is 5.91 Å². The number of amides is 2. The average molecular weight is 484 g/mol. The molecule has 0 saturated heterocycles. The smallest absolute Gasteiger partial charge is 0.253 e. The second-order valence-corrected chi connectivity index (χ2v) is 9.15. The van der Waals surface area contributed by atoms with Gasteiger partial charge in [-0.1, -0.05) is 60.7 Å². The second-order valence-electron chi connectivity index (χ2n) is 8.36. The van der Waals surface area contributed by atoms with Gasteiger partial charge in [0, 0.05) is 17.3 Å². The summed E-state index contributed by atoms with van der Waals surface area (Å²) in [6.45, 7) is 1.98. The first-order chi connectivity index (χ1) is 15.9. The Kier molecular flexibility index (Phi) is 7.25. The maximum absolute atomic E-state index is 12.8. The van der Waals surface area contributed by atoms with E-state index in [-0.39, 0.29) is 24.4 Å². The van der Waals surface area contributed by atoms with Gasteiger partial charge in [0.1, 0.15) is 6.54 Å². The van der Waals surface area contributed by atoms with E-state index in [9.17, 15) is 9.59 Å². The normalized spacial score (nSPS) is 14.1. The van der Waals surface area contributed by atoms with Crippen molar-refractivity contribution in [1.82, 2.24) is 20.1 Å². The molecule has 0 atom stereocenters. The summed E-state index contributed by atoms with van der Waals surface area (Å²) in [5, 5.41) is 13.3. The standard InChI is InChI=1S/C24H26ClN5O2S/c1-15-7-9-16(10-8-15)22-28-29-24(33)30(22)14-21(31)26-18-11-12-20(25)19(13-18)23(32)27-17-5-3-2-4-6-17/h7-13,17H,2-6,14H2,1H3,(H,26,31)(H,27,32)(H,29,33). The van der Waals surface area contributed by atoms with Crippen molar-refractivity contribution in [1.29, 1.82) is 0 Å². The van der Waals surface area contributed by atoms with E-state index < -0.39 is 0 Å². The molecular formula is C24H26ClN5O2S. The van der Waals surface area contributed by atoms with Crippen LogP contribution in [0, 0.1) is 11.7 Å².